The van der Waals surface area contributed by atoms with Gasteiger partial charge in [-0.2, -0.15) is 8.42 Å². The van der Waals surface area contributed by atoms with Crippen LogP contribution in [0, 0.1) is 12.8 Å². The minimum Gasteiger partial charge on any atom is -0.744 e. The summed E-state index contributed by atoms with van der Waals surface area (Å²) in [5, 5.41) is 48.0. The highest BCUT2D eigenvalue weighted by molar-refractivity contribution is 7.89. The van der Waals surface area contributed by atoms with Crippen molar-refractivity contribution in [3.8, 4) is 5.75 Å². The Kier molecular flexibility index (Phi) is 25.0. The number of aliphatic hydroxyl groups is 4. The van der Waals surface area contributed by atoms with Crippen LogP contribution in [0.1, 0.15) is 90.1 Å². The lowest BCUT2D eigenvalue weighted by Crippen LogP contribution is -2.70. The average molecular weight is 1370 g/mol. The zero-order valence-corrected chi connectivity index (χ0v) is 57.6. The summed E-state index contributed by atoms with van der Waals surface area (Å²) in [5.41, 5.74) is 9.35. The third-order valence-corrected chi connectivity index (χ3v) is 20.0. The van der Waals surface area contributed by atoms with Crippen LogP contribution in [0.15, 0.2) is 154 Å². The molecule has 2 aliphatic heterocycles. The molecular formula is C69H89N5O18S3. The van der Waals surface area contributed by atoms with Crippen molar-refractivity contribution in [2.24, 2.45) is 5.92 Å². The first-order chi connectivity index (χ1) is 45.0. The number of amides is 1. The Balaban J connectivity index is 1.17. The molecule has 2 heterocycles. The van der Waals surface area contributed by atoms with Crippen molar-refractivity contribution in [1.82, 2.24) is 10.0 Å². The molecule has 3 aliphatic rings. The maximum atomic E-state index is 14.8. The van der Waals surface area contributed by atoms with Gasteiger partial charge in [-0.3, -0.25) is 9.35 Å². The normalized spacial score (nSPS) is 23.7. The Hall–Kier alpha value is -6.73. The highest BCUT2D eigenvalue weighted by Crippen LogP contribution is 2.39. The quantitative estimate of drug-likeness (QED) is 0.0207. The number of allylic oxidation sites excluding steroid dienone is 5. The van der Waals surface area contributed by atoms with E-state index in [1.54, 1.807) is 62.4 Å². The SMILES string of the molecule is CCOc1ccc(N(CCS(=O)(=O)NC2C(OC3C(CO)OC(C(C)C)C(NC(C)=O)C3O)OC(CO)C(OC(C)C)C2O)c2ccc(/C(=C3C=C/C(=[N+](/CC)Cc4cccc(S(=O)(=O)[O-])c4)C=C\3C)c3ccc(N(CC)Cc4cccc(S(=O)(=O)O)c4)cc3C)cc2)cc1. The number of nitrogens with zero attached hydrogens (tertiary/aromatic N) is 3. The first-order valence-corrected chi connectivity index (χ1v) is 36.3. The number of nitrogens with one attached hydrogen (secondary N) is 2. The summed E-state index contributed by atoms with van der Waals surface area (Å²) in [4.78, 5) is 15.8. The van der Waals surface area contributed by atoms with Crippen LogP contribution in [0.5, 0.6) is 5.75 Å². The number of aryl methyl sites for hydroxylation is 1. The van der Waals surface area contributed by atoms with E-state index in [2.05, 4.69) is 25.6 Å². The Morgan fingerprint density at radius 2 is 1.36 bits per heavy atom. The van der Waals surface area contributed by atoms with Gasteiger partial charge in [-0.15, -0.1) is 0 Å². The Bertz CT molecular complexity index is 3970. The predicted octanol–water partition coefficient (Wildman–Crippen LogP) is 6.53. The molecule has 2 saturated heterocycles. The molecule has 23 nitrogen and oxygen atoms in total. The molecule has 7 N–H and O–H groups in total. The topological polar surface area (TPSA) is 323 Å². The maximum absolute atomic E-state index is 14.8. The number of aliphatic hydroxyl groups excluding tert-OH is 4. The highest BCUT2D eigenvalue weighted by Gasteiger charge is 2.53. The smallest absolute Gasteiger partial charge is 0.294 e. The Labute approximate surface area is 557 Å². The van der Waals surface area contributed by atoms with Gasteiger partial charge in [0.2, 0.25) is 15.9 Å². The number of carbonyl (C=O) groups is 1. The van der Waals surface area contributed by atoms with Gasteiger partial charge in [-0.1, -0.05) is 56.3 Å². The molecular weight excluding hydrogens is 1280 g/mol. The maximum Gasteiger partial charge on any atom is 0.294 e. The van der Waals surface area contributed by atoms with Crippen LogP contribution in [0.2, 0.25) is 0 Å². The van der Waals surface area contributed by atoms with Gasteiger partial charge >= 0.3 is 0 Å². The standard InChI is InChI=1S/C69H89N5O18S3/c1-11-72(38-47-16-14-18-55(36-47)94(82,83)84)52-26-30-57(44(8)34-52)61(58-31-27-53(35-45(58)9)73(12-2)39-48-17-15-19-56(37-48)95(85,86)87)49-20-22-50(23-21-49)74(51-24-28-54(29-25-51)88-13-3)32-33-93(80,81)71-63-65(79)67(89-43(6)7)60(41-76)91-69(63)92-68-59(40-75)90-66(42(4)5)62(64(68)78)70-46(10)77/h14-31,34-37,42-43,59-60,62-69,71,75-76,78-79H,11-13,32-33,38-41H2,1-10H3,(H2-,70,77,82,83,84,85,86,87). The molecule has 2 fully saturated rings. The van der Waals surface area contributed by atoms with E-state index in [0.717, 1.165) is 44.8 Å². The predicted molar refractivity (Wildman–Crippen MR) is 360 cm³/mol. The monoisotopic (exact) mass is 1370 g/mol. The zero-order valence-electron chi connectivity index (χ0n) is 55.1. The van der Waals surface area contributed by atoms with Gasteiger partial charge in [0.05, 0.1) is 53.6 Å². The lowest BCUT2D eigenvalue weighted by Gasteiger charge is -2.49. The largest absolute Gasteiger partial charge is 0.744 e. The van der Waals surface area contributed by atoms with Crippen LogP contribution in [0.25, 0.3) is 5.57 Å². The van der Waals surface area contributed by atoms with Gasteiger partial charge in [0, 0.05) is 61.3 Å². The molecule has 5 aromatic carbocycles. The number of ether oxygens (including phenoxy) is 5. The molecule has 1 amide bonds. The fourth-order valence-electron chi connectivity index (χ4n) is 12.3. The number of hydrogen-bond acceptors (Lipinski definition) is 19. The summed E-state index contributed by atoms with van der Waals surface area (Å²) in [6.07, 6.45) is -5.38. The molecule has 5 aromatic rings. The zero-order chi connectivity index (χ0) is 69.3. The number of rotatable bonds is 28. The van der Waals surface area contributed by atoms with Crippen LogP contribution in [-0.2, 0) is 67.1 Å². The van der Waals surface area contributed by atoms with Crippen molar-refractivity contribution in [2.45, 2.75) is 159 Å². The first-order valence-electron chi connectivity index (χ1n) is 31.8. The third-order valence-electron chi connectivity index (χ3n) is 16.9. The van der Waals surface area contributed by atoms with E-state index in [9.17, 15) is 59.6 Å². The molecule has 0 saturated carbocycles. The second kappa shape index (κ2) is 32.1. The van der Waals surface area contributed by atoms with Gasteiger partial charge in [-0.25, -0.2) is 26.1 Å². The number of carbonyl (C=O) groups excluding carboxylic acids is 1. The lowest BCUT2D eigenvalue weighted by atomic mass is 9.85. The number of benzene rings is 5. The molecule has 0 aromatic heterocycles. The van der Waals surface area contributed by atoms with Crippen LogP contribution >= 0.6 is 0 Å². The molecule has 1 aliphatic carbocycles. The number of anilines is 3. The molecule has 0 radical (unpaired) electrons. The minimum atomic E-state index is -4.69. The van der Waals surface area contributed by atoms with E-state index in [0.29, 0.717) is 61.0 Å². The van der Waals surface area contributed by atoms with Crippen molar-refractivity contribution >= 4 is 64.5 Å². The van der Waals surface area contributed by atoms with Crippen LogP contribution in [0.3, 0.4) is 0 Å². The van der Waals surface area contributed by atoms with Crippen LogP contribution in [0.4, 0.5) is 17.1 Å². The molecule has 516 valence electrons. The van der Waals surface area contributed by atoms with Crippen molar-refractivity contribution in [1.29, 1.82) is 0 Å². The fourth-order valence-corrected chi connectivity index (χ4v) is 14.6. The molecule has 0 bridgehead atoms. The summed E-state index contributed by atoms with van der Waals surface area (Å²) in [6, 6.07) is 30.4. The van der Waals surface area contributed by atoms with Gasteiger partial charge in [0.15, 0.2) is 18.5 Å². The summed E-state index contributed by atoms with van der Waals surface area (Å²) in [6.45, 7) is 18.8. The molecule has 95 heavy (non-hydrogen) atoms. The molecule has 26 heteroatoms. The summed E-state index contributed by atoms with van der Waals surface area (Å²) >= 11 is 0. The molecule has 10 unspecified atom stereocenters. The van der Waals surface area contributed by atoms with Gasteiger partial charge in [-0.05, 0) is 172 Å². The fraction of sp³-hybridized carbons (Fsp3) is 0.449. The average Bonchev–Trinajstić information content (AvgIpc) is 0.780. The highest BCUT2D eigenvalue weighted by atomic mass is 32.2. The summed E-state index contributed by atoms with van der Waals surface area (Å²) < 4.78 is 135. The van der Waals surface area contributed by atoms with Gasteiger partial charge < -0.3 is 63.8 Å². The van der Waals surface area contributed by atoms with Crippen molar-refractivity contribution in [3.63, 3.8) is 0 Å². The second-order valence-electron chi connectivity index (χ2n) is 24.5. The minimum absolute atomic E-state index is 0.170. The van der Waals surface area contributed by atoms with E-state index < -0.39 is 122 Å². The van der Waals surface area contributed by atoms with Gasteiger partial charge in [0.25, 0.3) is 10.1 Å². The van der Waals surface area contributed by atoms with Crippen LogP contribution < -0.4 is 24.6 Å². The molecule has 8 rings (SSSR count). The second-order valence-corrected chi connectivity index (χ2v) is 29.1. The molecule has 10 atom stereocenters. The van der Waals surface area contributed by atoms with Gasteiger partial charge in [0.1, 0.15) is 65.1 Å². The van der Waals surface area contributed by atoms with Crippen molar-refractivity contribution in [3.05, 3.63) is 172 Å². The third kappa shape index (κ3) is 18.5. The molecule has 0 spiro atoms. The number of hydrogen-bond donors (Lipinski definition) is 7. The number of sulfonamides is 1. The first kappa shape index (κ1) is 74.1. The summed E-state index contributed by atoms with van der Waals surface area (Å²) in [5.74, 6) is -0.730. The van der Waals surface area contributed by atoms with E-state index in [1.807, 2.05) is 108 Å². The Morgan fingerprint density at radius 3 is 1.93 bits per heavy atom. The lowest BCUT2D eigenvalue weighted by molar-refractivity contribution is -0.539. The van der Waals surface area contributed by atoms with Crippen molar-refractivity contribution < 1.29 is 87.8 Å². The summed E-state index contributed by atoms with van der Waals surface area (Å²) in [7, 11) is -13.6. The Morgan fingerprint density at radius 1 is 0.747 bits per heavy atom. The van der Waals surface area contributed by atoms with E-state index in [-0.39, 0.29) is 22.3 Å². The van der Waals surface area contributed by atoms with E-state index in [1.165, 1.54) is 31.2 Å². The van der Waals surface area contributed by atoms with Crippen molar-refractivity contribution in [2.75, 3.05) is 55.0 Å². The van der Waals surface area contributed by atoms with E-state index in [4.69, 9.17) is 23.7 Å². The van der Waals surface area contributed by atoms with Crippen LogP contribution in [-0.4, -0.2) is 183 Å². The van der Waals surface area contributed by atoms with E-state index >= 15 is 0 Å².